The van der Waals surface area contributed by atoms with Crippen molar-refractivity contribution in [1.29, 1.82) is 0 Å². The number of hydrogen-bond acceptors (Lipinski definition) is 3. The number of nitrogens with one attached hydrogen (secondary N) is 2. The van der Waals surface area contributed by atoms with Gasteiger partial charge in [-0.05, 0) is 38.6 Å². The standard InChI is InChI=1S/C14H18N2O2/c1-9-10(3-4-15-2)11-7-13-14(8-12(11)16-9)18-6-5-17-13/h7-8,15-16H,3-6H2,1-2H3. The van der Waals surface area contributed by atoms with Crippen molar-refractivity contribution in [3.05, 3.63) is 23.4 Å². The van der Waals surface area contributed by atoms with Crippen molar-refractivity contribution in [2.75, 3.05) is 26.8 Å². The average Bonchev–Trinajstić information content (AvgIpc) is 2.68. The van der Waals surface area contributed by atoms with Crippen LogP contribution in [0.15, 0.2) is 12.1 Å². The van der Waals surface area contributed by atoms with Crippen molar-refractivity contribution in [3.63, 3.8) is 0 Å². The number of ether oxygens (including phenoxy) is 2. The zero-order valence-electron chi connectivity index (χ0n) is 10.8. The Hall–Kier alpha value is -1.68. The number of aryl methyl sites for hydroxylation is 1. The quantitative estimate of drug-likeness (QED) is 0.871. The summed E-state index contributed by atoms with van der Waals surface area (Å²) >= 11 is 0. The predicted octanol–water partition coefficient (Wildman–Crippen LogP) is 2.01. The molecule has 0 saturated heterocycles. The van der Waals surface area contributed by atoms with Gasteiger partial charge in [-0.1, -0.05) is 0 Å². The predicted molar refractivity (Wildman–Crippen MR) is 71.7 cm³/mol. The van der Waals surface area contributed by atoms with Gasteiger partial charge in [0.1, 0.15) is 13.2 Å². The van der Waals surface area contributed by atoms with E-state index in [4.69, 9.17) is 9.47 Å². The van der Waals surface area contributed by atoms with Crippen LogP contribution in [0.2, 0.25) is 0 Å². The maximum atomic E-state index is 5.65. The van der Waals surface area contributed by atoms with Gasteiger partial charge in [0.2, 0.25) is 0 Å². The lowest BCUT2D eigenvalue weighted by Crippen LogP contribution is -2.15. The van der Waals surface area contributed by atoms with Gasteiger partial charge in [0.05, 0.1) is 0 Å². The van der Waals surface area contributed by atoms with Crippen molar-refractivity contribution in [1.82, 2.24) is 10.3 Å². The van der Waals surface area contributed by atoms with Gasteiger partial charge in [0.25, 0.3) is 0 Å². The Kier molecular flexibility index (Phi) is 2.88. The van der Waals surface area contributed by atoms with Crippen LogP contribution in [0.3, 0.4) is 0 Å². The molecule has 0 radical (unpaired) electrons. The first-order valence-electron chi connectivity index (χ1n) is 6.35. The van der Waals surface area contributed by atoms with Crippen molar-refractivity contribution in [2.45, 2.75) is 13.3 Å². The van der Waals surface area contributed by atoms with E-state index in [9.17, 15) is 0 Å². The van der Waals surface area contributed by atoms with E-state index in [2.05, 4.69) is 23.3 Å². The smallest absolute Gasteiger partial charge is 0.163 e. The Morgan fingerprint density at radius 2 is 1.94 bits per heavy atom. The third-order valence-corrected chi connectivity index (χ3v) is 3.41. The molecular weight excluding hydrogens is 228 g/mol. The number of hydrogen-bond donors (Lipinski definition) is 2. The van der Waals surface area contributed by atoms with Gasteiger partial charge in [-0.3, -0.25) is 0 Å². The van der Waals surface area contributed by atoms with Crippen molar-refractivity contribution in [3.8, 4) is 11.5 Å². The molecule has 0 bridgehead atoms. The third kappa shape index (κ3) is 1.82. The average molecular weight is 246 g/mol. The maximum Gasteiger partial charge on any atom is 0.163 e. The third-order valence-electron chi connectivity index (χ3n) is 3.41. The van der Waals surface area contributed by atoms with Gasteiger partial charge < -0.3 is 19.8 Å². The van der Waals surface area contributed by atoms with E-state index in [-0.39, 0.29) is 0 Å². The van der Waals surface area contributed by atoms with Gasteiger partial charge in [-0.15, -0.1) is 0 Å². The lowest BCUT2D eigenvalue weighted by molar-refractivity contribution is 0.172. The van der Waals surface area contributed by atoms with E-state index in [1.807, 2.05) is 13.1 Å². The second-order valence-electron chi connectivity index (χ2n) is 4.62. The first-order valence-corrected chi connectivity index (χ1v) is 6.35. The van der Waals surface area contributed by atoms with E-state index in [0.717, 1.165) is 30.0 Å². The molecule has 4 nitrogen and oxygen atoms in total. The Morgan fingerprint density at radius 1 is 1.22 bits per heavy atom. The minimum atomic E-state index is 0.630. The highest BCUT2D eigenvalue weighted by Crippen LogP contribution is 2.36. The molecule has 4 heteroatoms. The van der Waals surface area contributed by atoms with E-state index in [1.165, 1.54) is 16.6 Å². The van der Waals surface area contributed by atoms with Crippen molar-refractivity contribution >= 4 is 10.9 Å². The lowest BCUT2D eigenvalue weighted by atomic mass is 10.1. The largest absolute Gasteiger partial charge is 0.486 e. The SMILES string of the molecule is CNCCc1c(C)[nH]c2cc3c(cc12)OCCO3. The fourth-order valence-electron chi connectivity index (χ4n) is 2.49. The normalized spacial score (nSPS) is 14.1. The van der Waals surface area contributed by atoms with Crippen molar-refractivity contribution < 1.29 is 9.47 Å². The van der Waals surface area contributed by atoms with Crippen LogP contribution in [0.1, 0.15) is 11.3 Å². The van der Waals surface area contributed by atoms with E-state index < -0.39 is 0 Å². The van der Waals surface area contributed by atoms with Crippen LogP contribution in [0.5, 0.6) is 11.5 Å². The van der Waals surface area contributed by atoms with Crippen LogP contribution in [0.25, 0.3) is 10.9 Å². The minimum absolute atomic E-state index is 0.630. The number of rotatable bonds is 3. The first kappa shape index (κ1) is 11.4. The molecule has 0 unspecified atom stereocenters. The fraction of sp³-hybridized carbons (Fsp3) is 0.429. The van der Waals surface area contributed by atoms with Crippen molar-refractivity contribution in [2.24, 2.45) is 0 Å². The van der Waals surface area contributed by atoms with Crippen LogP contribution >= 0.6 is 0 Å². The molecule has 0 fully saturated rings. The van der Waals surface area contributed by atoms with Crippen LogP contribution < -0.4 is 14.8 Å². The topological polar surface area (TPSA) is 46.3 Å². The van der Waals surface area contributed by atoms with Crippen LogP contribution in [-0.4, -0.2) is 31.8 Å². The zero-order chi connectivity index (χ0) is 12.5. The summed E-state index contributed by atoms with van der Waals surface area (Å²) in [5.41, 5.74) is 3.71. The zero-order valence-corrected chi connectivity index (χ0v) is 10.8. The number of H-pyrrole nitrogens is 1. The number of likely N-dealkylation sites (N-methyl/N-ethyl adjacent to an activating group) is 1. The molecular formula is C14H18N2O2. The fourth-order valence-corrected chi connectivity index (χ4v) is 2.49. The Labute approximate surface area is 106 Å². The maximum absolute atomic E-state index is 5.65. The molecule has 3 rings (SSSR count). The molecule has 1 aliphatic heterocycles. The molecule has 0 spiro atoms. The molecule has 0 atom stereocenters. The first-order chi connectivity index (χ1) is 8.79. The number of fused-ring (bicyclic) bond motifs is 2. The molecule has 1 aromatic carbocycles. The van der Waals surface area contributed by atoms with Crippen LogP contribution in [0.4, 0.5) is 0 Å². The highest BCUT2D eigenvalue weighted by molar-refractivity contribution is 5.88. The Balaban J connectivity index is 2.10. The number of aromatic nitrogens is 1. The highest BCUT2D eigenvalue weighted by atomic mass is 16.6. The summed E-state index contributed by atoms with van der Waals surface area (Å²) in [5, 5.41) is 4.43. The van der Waals surface area contributed by atoms with Gasteiger partial charge in [-0.25, -0.2) is 0 Å². The highest BCUT2D eigenvalue weighted by Gasteiger charge is 2.16. The minimum Gasteiger partial charge on any atom is -0.486 e. The second-order valence-corrected chi connectivity index (χ2v) is 4.62. The van der Waals surface area contributed by atoms with E-state index >= 15 is 0 Å². The van der Waals surface area contributed by atoms with Crippen LogP contribution in [0, 0.1) is 6.92 Å². The van der Waals surface area contributed by atoms with Crippen LogP contribution in [-0.2, 0) is 6.42 Å². The van der Waals surface area contributed by atoms with Gasteiger partial charge in [0, 0.05) is 22.7 Å². The number of benzene rings is 1. The second kappa shape index (κ2) is 4.53. The molecule has 96 valence electrons. The summed E-state index contributed by atoms with van der Waals surface area (Å²) in [4.78, 5) is 3.42. The molecule has 1 aliphatic rings. The lowest BCUT2D eigenvalue weighted by Gasteiger charge is -2.18. The van der Waals surface area contributed by atoms with E-state index in [0.29, 0.717) is 13.2 Å². The van der Waals surface area contributed by atoms with Gasteiger partial charge >= 0.3 is 0 Å². The summed E-state index contributed by atoms with van der Waals surface area (Å²) in [6.45, 7) is 4.35. The van der Waals surface area contributed by atoms with Gasteiger partial charge in [-0.2, -0.15) is 0 Å². The molecule has 0 amide bonds. The summed E-state index contributed by atoms with van der Waals surface area (Å²) in [6, 6.07) is 4.14. The number of aromatic amines is 1. The molecule has 0 aliphatic carbocycles. The Morgan fingerprint density at radius 3 is 2.67 bits per heavy atom. The molecule has 0 saturated carbocycles. The molecule has 2 heterocycles. The summed E-state index contributed by atoms with van der Waals surface area (Å²) in [6.07, 6.45) is 1.02. The molecule has 2 aromatic rings. The Bertz CT molecular complexity index is 575. The monoisotopic (exact) mass is 246 g/mol. The molecule has 2 N–H and O–H groups in total. The van der Waals surface area contributed by atoms with E-state index in [1.54, 1.807) is 0 Å². The summed E-state index contributed by atoms with van der Waals surface area (Å²) in [7, 11) is 1.98. The molecule has 18 heavy (non-hydrogen) atoms. The molecule has 1 aromatic heterocycles. The summed E-state index contributed by atoms with van der Waals surface area (Å²) in [5.74, 6) is 1.70. The van der Waals surface area contributed by atoms with Gasteiger partial charge in [0.15, 0.2) is 11.5 Å². The summed E-state index contributed by atoms with van der Waals surface area (Å²) < 4.78 is 11.3.